The summed E-state index contributed by atoms with van der Waals surface area (Å²) in [5, 5.41) is 2.93. The number of methoxy groups -OCH3 is 1. The number of ether oxygens (including phenoxy) is 2. The highest BCUT2D eigenvalue weighted by Gasteiger charge is 2.19. The number of hydrogen-bond donors (Lipinski definition) is 1. The Morgan fingerprint density at radius 1 is 1.12 bits per heavy atom. The molecule has 2 aromatic rings. The zero-order valence-corrected chi connectivity index (χ0v) is 15.3. The van der Waals surface area contributed by atoms with Gasteiger partial charge in [-0.15, -0.1) is 0 Å². The van der Waals surface area contributed by atoms with Crippen molar-refractivity contribution in [2.45, 2.75) is 13.0 Å². The lowest BCUT2D eigenvalue weighted by molar-refractivity contribution is -0.123. The Bertz CT molecular complexity index is 684. The average Bonchev–Trinajstić information content (AvgIpc) is 2.61. The molecule has 0 saturated heterocycles. The number of rotatable bonds is 8. The Morgan fingerprint density at radius 2 is 1.80 bits per heavy atom. The maximum atomic E-state index is 12.1. The third kappa shape index (κ3) is 5.50. The summed E-state index contributed by atoms with van der Waals surface area (Å²) >= 11 is 0. The van der Waals surface area contributed by atoms with Crippen molar-refractivity contribution < 1.29 is 14.3 Å². The summed E-state index contributed by atoms with van der Waals surface area (Å²) < 4.78 is 10.9. The largest absolute Gasteiger partial charge is 0.496 e. The molecule has 25 heavy (non-hydrogen) atoms. The van der Waals surface area contributed by atoms with Gasteiger partial charge in [-0.3, -0.25) is 4.79 Å². The summed E-state index contributed by atoms with van der Waals surface area (Å²) in [4.78, 5) is 14.2. The number of para-hydroxylation sites is 1. The number of hydrogen-bond acceptors (Lipinski definition) is 4. The van der Waals surface area contributed by atoms with E-state index < -0.39 is 0 Å². The van der Waals surface area contributed by atoms with E-state index in [0.29, 0.717) is 12.3 Å². The van der Waals surface area contributed by atoms with E-state index in [1.807, 2.05) is 69.6 Å². The molecule has 2 rings (SSSR count). The lowest BCUT2D eigenvalue weighted by Gasteiger charge is -2.26. The van der Waals surface area contributed by atoms with Crippen LogP contribution >= 0.6 is 0 Å². The van der Waals surface area contributed by atoms with Gasteiger partial charge >= 0.3 is 0 Å². The standard InChI is InChI=1S/C20H26N2O3/c1-15-9-11-16(12-10-15)25-14-20(23)21-13-18(22(2)3)17-7-5-6-8-19(17)24-4/h5-12,18H,13-14H2,1-4H3,(H,21,23). The fraction of sp³-hybridized carbons (Fsp3) is 0.350. The third-order valence-corrected chi connectivity index (χ3v) is 4.00. The molecule has 134 valence electrons. The van der Waals surface area contributed by atoms with E-state index >= 15 is 0 Å². The van der Waals surface area contributed by atoms with Crippen LogP contribution in [0.4, 0.5) is 0 Å². The Kier molecular flexibility index (Phi) is 6.83. The Morgan fingerprint density at radius 3 is 2.44 bits per heavy atom. The quantitative estimate of drug-likeness (QED) is 0.801. The van der Waals surface area contributed by atoms with Gasteiger partial charge in [-0.25, -0.2) is 0 Å². The smallest absolute Gasteiger partial charge is 0.258 e. The Hall–Kier alpha value is -2.53. The second-order valence-electron chi connectivity index (χ2n) is 6.13. The van der Waals surface area contributed by atoms with Crippen molar-refractivity contribution in [1.29, 1.82) is 0 Å². The van der Waals surface area contributed by atoms with Gasteiger partial charge in [0.1, 0.15) is 11.5 Å². The summed E-state index contributed by atoms with van der Waals surface area (Å²) in [6.07, 6.45) is 0. The van der Waals surface area contributed by atoms with Gasteiger partial charge < -0.3 is 19.7 Å². The molecule has 1 atom stereocenters. The number of carbonyl (C=O) groups is 1. The SMILES string of the molecule is COc1ccccc1C(CNC(=O)COc1ccc(C)cc1)N(C)C. The second kappa shape index (κ2) is 9.08. The van der Waals surface area contributed by atoms with Crippen molar-refractivity contribution in [3.05, 3.63) is 59.7 Å². The number of benzene rings is 2. The van der Waals surface area contributed by atoms with Crippen molar-refractivity contribution in [3.8, 4) is 11.5 Å². The molecule has 0 aromatic heterocycles. The van der Waals surface area contributed by atoms with Gasteiger partial charge in [0.05, 0.1) is 13.2 Å². The molecular formula is C20H26N2O3. The average molecular weight is 342 g/mol. The molecule has 1 unspecified atom stereocenters. The summed E-state index contributed by atoms with van der Waals surface area (Å²) in [6.45, 7) is 2.48. The number of likely N-dealkylation sites (N-methyl/N-ethyl adjacent to an activating group) is 1. The Labute approximate surface area is 149 Å². The molecule has 0 bridgehead atoms. The molecule has 5 nitrogen and oxygen atoms in total. The van der Waals surface area contributed by atoms with Gasteiger partial charge in [-0.05, 0) is 39.2 Å². The molecule has 0 saturated carbocycles. The predicted molar refractivity (Wildman–Crippen MR) is 99.1 cm³/mol. The second-order valence-corrected chi connectivity index (χ2v) is 6.13. The van der Waals surface area contributed by atoms with E-state index in [0.717, 1.165) is 16.9 Å². The van der Waals surface area contributed by atoms with E-state index in [-0.39, 0.29) is 18.6 Å². The topological polar surface area (TPSA) is 50.8 Å². The van der Waals surface area contributed by atoms with Crippen LogP contribution in [0.25, 0.3) is 0 Å². The highest BCUT2D eigenvalue weighted by Crippen LogP contribution is 2.27. The van der Waals surface area contributed by atoms with Crippen LogP contribution in [-0.4, -0.2) is 45.2 Å². The number of aryl methyl sites for hydroxylation is 1. The van der Waals surface area contributed by atoms with Crippen LogP contribution in [0.2, 0.25) is 0 Å². The fourth-order valence-electron chi connectivity index (χ4n) is 2.56. The molecule has 0 spiro atoms. The molecule has 1 N–H and O–H groups in total. The molecule has 5 heteroatoms. The Balaban J connectivity index is 1.92. The summed E-state index contributed by atoms with van der Waals surface area (Å²) in [6, 6.07) is 15.5. The number of carbonyl (C=O) groups excluding carboxylic acids is 1. The van der Waals surface area contributed by atoms with Crippen molar-refractivity contribution in [3.63, 3.8) is 0 Å². The number of amides is 1. The third-order valence-electron chi connectivity index (χ3n) is 4.00. The highest BCUT2D eigenvalue weighted by atomic mass is 16.5. The highest BCUT2D eigenvalue weighted by molar-refractivity contribution is 5.77. The van der Waals surface area contributed by atoms with Gasteiger partial charge in [0.25, 0.3) is 5.91 Å². The van der Waals surface area contributed by atoms with Crippen molar-refractivity contribution in [1.82, 2.24) is 10.2 Å². The minimum absolute atomic E-state index is 0.00483. The van der Waals surface area contributed by atoms with E-state index in [2.05, 4.69) is 10.2 Å². The van der Waals surface area contributed by atoms with Crippen LogP contribution < -0.4 is 14.8 Å². The van der Waals surface area contributed by atoms with Gasteiger partial charge in [0.2, 0.25) is 0 Å². The van der Waals surface area contributed by atoms with Crippen molar-refractivity contribution in [2.75, 3.05) is 34.4 Å². The first-order chi connectivity index (χ1) is 12.0. The molecule has 0 aliphatic heterocycles. The summed E-state index contributed by atoms with van der Waals surface area (Å²) in [5.74, 6) is 1.35. The first-order valence-electron chi connectivity index (χ1n) is 8.26. The summed E-state index contributed by atoms with van der Waals surface area (Å²) in [5.41, 5.74) is 2.19. The predicted octanol–water partition coefficient (Wildman–Crippen LogP) is 2.80. The van der Waals surface area contributed by atoms with Gasteiger partial charge in [-0.2, -0.15) is 0 Å². The van der Waals surface area contributed by atoms with Gasteiger partial charge in [-0.1, -0.05) is 35.9 Å². The van der Waals surface area contributed by atoms with Crippen molar-refractivity contribution in [2.24, 2.45) is 0 Å². The maximum absolute atomic E-state index is 12.1. The fourth-order valence-corrected chi connectivity index (χ4v) is 2.56. The first kappa shape index (κ1) is 18.8. The lowest BCUT2D eigenvalue weighted by atomic mass is 10.0. The van der Waals surface area contributed by atoms with Crippen LogP contribution in [0.5, 0.6) is 11.5 Å². The molecule has 0 heterocycles. The van der Waals surface area contributed by atoms with Crippen LogP contribution in [0.1, 0.15) is 17.2 Å². The van der Waals surface area contributed by atoms with E-state index in [1.165, 1.54) is 0 Å². The van der Waals surface area contributed by atoms with E-state index in [1.54, 1.807) is 7.11 Å². The van der Waals surface area contributed by atoms with E-state index in [9.17, 15) is 4.79 Å². The van der Waals surface area contributed by atoms with Crippen LogP contribution in [0, 0.1) is 6.92 Å². The van der Waals surface area contributed by atoms with Crippen molar-refractivity contribution >= 4 is 5.91 Å². The zero-order valence-electron chi connectivity index (χ0n) is 15.3. The zero-order chi connectivity index (χ0) is 18.2. The molecule has 2 aromatic carbocycles. The number of nitrogens with zero attached hydrogens (tertiary/aromatic N) is 1. The summed E-state index contributed by atoms with van der Waals surface area (Å²) in [7, 11) is 5.61. The van der Waals surface area contributed by atoms with Gasteiger partial charge in [0, 0.05) is 12.1 Å². The molecule has 0 radical (unpaired) electrons. The normalized spacial score (nSPS) is 11.9. The molecule has 0 aliphatic rings. The van der Waals surface area contributed by atoms with Gasteiger partial charge in [0.15, 0.2) is 6.61 Å². The first-order valence-corrected chi connectivity index (χ1v) is 8.26. The molecule has 0 aliphatic carbocycles. The minimum atomic E-state index is -0.151. The van der Waals surface area contributed by atoms with Crippen LogP contribution in [0.3, 0.4) is 0 Å². The number of nitrogens with one attached hydrogen (secondary N) is 1. The molecule has 0 fully saturated rings. The molecule has 1 amide bonds. The lowest BCUT2D eigenvalue weighted by Crippen LogP contribution is -2.37. The maximum Gasteiger partial charge on any atom is 0.258 e. The van der Waals surface area contributed by atoms with E-state index in [4.69, 9.17) is 9.47 Å². The molecular weight excluding hydrogens is 316 g/mol. The minimum Gasteiger partial charge on any atom is -0.496 e. The van der Waals surface area contributed by atoms with Crippen LogP contribution in [-0.2, 0) is 4.79 Å². The monoisotopic (exact) mass is 342 g/mol. The van der Waals surface area contributed by atoms with Crippen LogP contribution in [0.15, 0.2) is 48.5 Å².